The van der Waals surface area contributed by atoms with E-state index in [0.717, 1.165) is 0 Å². The molecule has 0 saturated heterocycles. The van der Waals surface area contributed by atoms with Gasteiger partial charge in [0, 0.05) is 38.8 Å². The number of aliphatic carboxylic acids is 1. The number of aliphatic hydroxyl groups excluding tert-OH is 1. The van der Waals surface area contributed by atoms with Gasteiger partial charge in [-0.1, -0.05) is 0 Å². The lowest BCUT2D eigenvalue weighted by molar-refractivity contribution is -0.144. The number of amides is 1. The van der Waals surface area contributed by atoms with Gasteiger partial charge in [0.25, 0.3) is 0 Å². The first kappa shape index (κ1) is 22.2. The van der Waals surface area contributed by atoms with E-state index in [9.17, 15) is 19.2 Å². The highest BCUT2D eigenvalue weighted by Crippen LogP contribution is 2.14. The van der Waals surface area contributed by atoms with Crippen molar-refractivity contribution in [2.45, 2.75) is 45.4 Å². The Kier molecular flexibility index (Phi) is 12.6. The van der Waals surface area contributed by atoms with Gasteiger partial charge < -0.3 is 25.1 Å². The van der Waals surface area contributed by atoms with E-state index in [1.807, 2.05) is 0 Å². The normalized spacial score (nSPS) is 11.8. The second-order valence-corrected chi connectivity index (χ2v) is 5.56. The smallest absolute Gasteiger partial charge is 0.306 e. The Hall–Kier alpha value is -1.80. The lowest BCUT2D eigenvalue weighted by Gasteiger charge is -2.10. The first-order valence-electron chi connectivity index (χ1n) is 8.06. The molecule has 0 fully saturated rings. The zero-order valence-electron chi connectivity index (χ0n) is 14.1. The molecule has 1 amide bonds. The maximum Gasteiger partial charge on any atom is 0.306 e. The van der Waals surface area contributed by atoms with Gasteiger partial charge in [-0.2, -0.15) is 0 Å². The average molecular weight is 345 g/mol. The Labute approximate surface area is 141 Å². The monoisotopic (exact) mass is 345 g/mol. The van der Waals surface area contributed by atoms with Crippen molar-refractivity contribution in [2.75, 3.05) is 26.4 Å². The number of aliphatic hydroxyl groups is 1. The van der Waals surface area contributed by atoms with E-state index in [1.54, 1.807) is 0 Å². The van der Waals surface area contributed by atoms with E-state index in [1.165, 1.54) is 6.92 Å². The standard InChI is InChI=1S/C16H27NO7/c1-12(19)3-4-13(16(22)23)11-14(20)5-6-15(21)17-7-2-9-24-10-8-18/h13,18H,2-11H2,1H3,(H,17,21)(H,22,23)/t13-/m1/s1. The molecule has 0 spiro atoms. The van der Waals surface area contributed by atoms with Crippen LogP contribution in [0.3, 0.4) is 0 Å². The van der Waals surface area contributed by atoms with E-state index < -0.39 is 11.9 Å². The molecule has 0 aromatic carbocycles. The molecule has 0 aromatic rings. The quantitative estimate of drug-likeness (QED) is 0.364. The van der Waals surface area contributed by atoms with Crippen LogP contribution in [0.4, 0.5) is 0 Å². The molecule has 138 valence electrons. The van der Waals surface area contributed by atoms with E-state index in [4.69, 9.17) is 14.9 Å². The highest BCUT2D eigenvalue weighted by molar-refractivity contribution is 5.87. The van der Waals surface area contributed by atoms with Gasteiger partial charge >= 0.3 is 5.97 Å². The highest BCUT2D eigenvalue weighted by atomic mass is 16.5. The molecule has 0 saturated carbocycles. The van der Waals surface area contributed by atoms with Crippen LogP contribution >= 0.6 is 0 Å². The first-order valence-corrected chi connectivity index (χ1v) is 8.06. The van der Waals surface area contributed by atoms with Crippen LogP contribution in [0.2, 0.25) is 0 Å². The van der Waals surface area contributed by atoms with Crippen LogP contribution in [0, 0.1) is 5.92 Å². The zero-order valence-corrected chi connectivity index (χ0v) is 14.1. The van der Waals surface area contributed by atoms with Crippen molar-refractivity contribution in [3.05, 3.63) is 0 Å². The topological polar surface area (TPSA) is 130 Å². The van der Waals surface area contributed by atoms with Crippen LogP contribution in [-0.2, 0) is 23.9 Å². The van der Waals surface area contributed by atoms with Crippen LogP contribution in [0.15, 0.2) is 0 Å². The fraction of sp³-hybridized carbons (Fsp3) is 0.750. The number of carbonyl (C=O) groups excluding carboxylic acids is 3. The van der Waals surface area contributed by atoms with Crippen molar-refractivity contribution in [3.8, 4) is 0 Å². The van der Waals surface area contributed by atoms with Crippen molar-refractivity contribution < 1.29 is 34.1 Å². The number of hydrogen-bond acceptors (Lipinski definition) is 6. The molecule has 0 radical (unpaired) electrons. The lowest BCUT2D eigenvalue weighted by Crippen LogP contribution is -2.26. The summed E-state index contributed by atoms with van der Waals surface area (Å²) in [7, 11) is 0. The number of carbonyl (C=O) groups is 4. The minimum atomic E-state index is -1.10. The molecule has 1 atom stereocenters. The number of nitrogens with one attached hydrogen (secondary N) is 1. The summed E-state index contributed by atoms with van der Waals surface area (Å²) in [6.07, 6.45) is 0.697. The maximum atomic E-state index is 11.8. The molecule has 0 unspecified atom stereocenters. The molecule has 24 heavy (non-hydrogen) atoms. The fourth-order valence-electron chi connectivity index (χ4n) is 1.98. The molecule has 8 heteroatoms. The van der Waals surface area contributed by atoms with Crippen LogP contribution in [0.1, 0.15) is 45.4 Å². The maximum absolute atomic E-state index is 11.8. The van der Waals surface area contributed by atoms with Gasteiger partial charge in [-0.3, -0.25) is 14.4 Å². The van der Waals surface area contributed by atoms with Crippen LogP contribution < -0.4 is 5.32 Å². The van der Waals surface area contributed by atoms with E-state index in [-0.39, 0.29) is 62.8 Å². The van der Waals surface area contributed by atoms with Gasteiger partial charge in [0.2, 0.25) is 5.91 Å². The first-order chi connectivity index (χ1) is 11.4. The summed E-state index contributed by atoms with van der Waals surface area (Å²) in [6.45, 7) is 2.43. The number of rotatable bonds is 15. The Morgan fingerprint density at radius 2 is 1.79 bits per heavy atom. The predicted molar refractivity (Wildman–Crippen MR) is 85.4 cm³/mol. The van der Waals surface area contributed by atoms with E-state index >= 15 is 0 Å². The van der Waals surface area contributed by atoms with E-state index in [0.29, 0.717) is 19.6 Å². The third-order valence-corrected chi connectivity index (χ3v) is 3.32. The Morgan fingerprint density at radius 1 is 1.08 bits per heavy atom. The van der Waals surface area contributed by atoms with Crippen LogP contribution in [-0.4, -0.2) is 60.0 Å². The third kappa shape index (κ3) is 12.7. The number of carboxylic acid groups (broad SMARTS) is 1. The van der Waals surface area contributed by atoms with Gasteiger partial charge in [0.1, 0.15) is 11.6 Å². The predicted octanol–water partition coefficient (Wildman–Crippen LogP) is 0.311. The number of ether oxygens (including phenoxy) is 1. The summed E-state index contributed by atoms with van der Waals surface area (Å²) in [6, 6.07) is 0. The Balaban J connectivity index is 3.90. The largest absolute Gasteiger partial charge is 0.481 e. The molecule has 3 N–H and O–H groups in total. The van der Waals surface area contributed by atoms with Crippen LogP contribution in [0.5, 0.6) is 0 Å². The van der Waals surface area contributed by atoms with Gasteiger partial charge in [0.15, 0.2) is 0 Å². The van der Waals surface area contributed by atoms with Crippen molar-refractivity contribution in [3.63, 3.8) is 0 Å². The molecule has 0 aliphatic heterocycles. The summed E-state index contributed by atoms with van der Waals surface area (Å²) in [5.74, 6) is -2.67. The molecule has 8 nitrogen and oxygen atoms in total. The second kappa shape index (κ2) is 13.6. The molecular weight excluding hydrogens is 318 g/mol. The van der Waals surface area contributed by atoms with Crippen LogP contribution in [0.25, 0.3) is 0 Å². The number of carboxylic acids is 1. The minimum Gasteiger partial charge on any atom is -0.481 e. The fourth-order valence-corrected chi connectivity index (χ4v) is 1.98. The number of Topliss-reactive ketones (excluding diaryl/α,β-unsaturated/α-hetero) is 2. The summed E-state index contributed by atoms with van der Waals surface area (Å²) < 4.78 is 5.03. The van der Waals surface area contributed by atoms with Crippen molar-refractivity contribution in [1.82, 2.24) is 5.32 Å². The van der Waals surface area contributed by atoms with Crippen molar-refractivity contribution >= 4 is 23.4 Å². The highest BCUT2D eigenvalue weighted by Gasteiger charge is 2.21. The third-order valence-electron chi connectivity index (χ3n) is 3.32. The number of hydrogen-bond donors (Lipinski definition) is 3. The summed E-state index contributed by atoms with van der Waals surface area (Å²) in [4.78, 5) is 45.3. The van der Waals surface area contributed by atoms with E-state index in [2.05, 4.69) is 5.32 Å². The molecule has 0 rings (SSSR count). The van der Waals surface area contributed by atoms with Gasteiger partial charge in [-0.15, -0.1) is 0 Å². The van der Waals surface area contributed by atoms with Crippen molar-refractivity contribution in [2.24, 2.45) is 5.92 Å². The summed E-state index contributed by atoms with van der Waals surface area (Å²) >= 11 is 0. The second-order valence-electron chi connectivity index (χ2n) is 5.56. The summed E-state index contributed by atoms with van der Waals surface area (Å²) in [5, 5.41) is 20.2. The molecule has 0 heterocycles. The summed E-state index contributed by atoms with van der Waals surface area (Å²) in [5.41, 5.74) is 0. The van der Waals surface area contributed by atoms with Gasteiger partial charge in [-0.25, -0.2) is 0 Å². The Morgan fingerprint density at radius 3 is 2.38 bits per heavy atom. The van der Waals surface area contributed by atoms with Crippen molar-refractivity contribution in [1.29, 1.82) is 0 Å². The lowest BCUT2D eigenvalue weighted by atomic mass is 9.94. The Bertz CT molecular complexity index is 423. The number of ketones is 2. The molecule has 0 bridgehead atoms. The molecule has 0 aliphatic rings. The zero-order chi connectivity index (χ0) is 18.4. The molecular formula is C16H27NO7. The average Bonchev–Trinajstić information content (AvgIpc) is 2.52. The molecule has 0 aliphatic carbocycles. The van der Waals surface area contributed by atoms with Gasteiger partial charge in [0.05, 0.1) is 19.1 Å². The van der Waals surface area contributed by atoms with Gasteiger partial charge in [-0.05, 0) is 19.8 Å². The minimum absolute atomic E-state index is 0.00930. The molecule has 0 aromatic heterocycles. The SMILES string of the molecule is CC(=O)CC[C@H](CC(=O)CCC(=O)NCCCOCCO)C(=O)O.